The Morgan fingerprint density at radius 1 is 0.955 bits per heavy atom. The second-order valence-corrected chi connectivity index (χ2v) is 7.71. The molecule has 0 saturated carbocycles. The minimum absolute atomic E-state index is 0.408. The summed E-state index contributed by atoms with van der Waals surface area (Å²) < 4.78 is 12.4. The molecule has 1 aliphatic rings. The van der Waals surface area contributed by atoms with Gasteiger partial charge in [0.05, 0.1) is 22.8 Å². The first kappa shape index (κ1) is 17.4. The molecule has 0 bridgehead atoms. The van der Waals surface area contributed by atoms with Crippen LogP contribution in [0, 0.1) is 32.1 Å². The predicted molar refractivity (Wildman–Crippen MR) is 92.9 cm³/mol. The molecule has 0 amide bonds. The summed E-state index contributed by atoms with van der Waals surface area (Å²) in [5.41, 5.74) is 4.03. The van der Waals surface area contributed by atoms with E-state index in [0.717, 1.165) is 16.6 Å². The van der Waals surface area contributed by atoms with Gasteiger partial charge in [0.25, 0.3) is 0 Å². The first-order valence-electron chi connectivity index (χ1n) is 7.50. The maximum atomic E-state index is 9.66. The molecule has 3 nitrogen and oxygen atoms in total. The van der Waals surface area contributed by atoms with Crippen LogP contribution in [-0.4, -0.2) is 24.6 Å². The summed E-state index contributed by atoms with van der Waals surface area (Å²) in [5, 5.41) is 9.66. The average molecular weight is 317 g/mol. The van der Waals surface area contributed by atoms with E-state index in [1.165, 1.54) is 10.5 Å². The predicted octanol–water partition coefficient (Wildman–Crippen LogP) is 3.50. The Balaban J connectivity index is 2.67. The van der Waals surface area contributed by atoms with Gasteiger partial charge in [0, 0.05) is 10.4 Å². The molecule has 0 aromatic heterocycles. The third kappa shape index (κ3) is 2.48. The lowest BCUT2D eigenvalue weighted by atomic mass is 9.71. The van der Waals surface area contributed by atoms with E-state index in [2.05, 4.69) is 26.2 Å². The quantitative estimate of drug-likeness (QED) is 0.618. The molecule has 0 aliphatic carbocycles. The first-order chi connectivity index (χ1) is 10.1. The molecule has 0 unspecified atom stereocenters. The van der Waals surface area contributed by atoms with Gasteiger partial charge in [-0.3, -0.25) is 0 Å². The summed E-state index contributed by atoms with van der Waals surface area (Å²) in [4.78, 5) is 1.21. The molecule has 1 aromatic carbocycles. The molecule has 1 fully saturated rings. The highest BCUT2D eigenvalue weighted by molar-refractivity contribution is 7.98. The lowest BCUT2D eigenvalue weighted by Gasteiger charge is -2.32. The Morgan fingerprint density at radius 3 is 1.86 bits per heavy atom. The smallest absolute Gasteiger partial charge is 0.399 e. The SMILES string of the molecule is CSc1c(C)c(C)c(C#N)c(B2OC(C)(C)C(C)(C)O2)c1C. The van der Waals surface area contributed by atoms with Crippen molar-refractivity contribution >= 4 is 24.3 Å². The number of benzene rings is 1. The standard InChI is InChI=1S/C17H24BNO2S/c1-10-11(2)15(22-8)12(3)14(13(10)9-19)18-20-16(4,5)17(6,7)21-18/h1-8H3. The van der Waals surface area contributed by atoms with Crippen LogP contribution in [0.5, 0.6) is 0 Å². The minimum Gasteiger partial charge on any atom is -0.399 e. The van der Waals surface area contributed by atoms with E-state index in [-0.39, 0.29) is 0 Å². The fraction of sp³-hybridized carbons (Fsp3) is 0.588. The molecule has 1 saturated heterocycles. The van der Waals surface area contributed by atoms with Crippen LogP contribution < -0.4 is 5.46 Å². The zero-order valence-electron chi connectivity index (χ0n) is 14.7. The molecular weight excluding hydrogens is 293 g/mol. The molecule has 1 aliphatic heterocycles. The minimum atomic E-state index is -0.496. The van der Waals surface area contributed by atoms with Crippen molar-refractivity contribution in [1.82, 2.24) is 0 Å². The van der Waals surface area contributed by atoms with Crippen LogP contribution in [-0.2, 0) is 9.31 Å². The molecule has 22 heavy (non-hydrogen) atoms. The van der Waals surface area contributed by atoms with Gasteiger partial charge in [-0.15, -0.1) is 11.8 Å². The van der Waals surface area contributed by atoms with Crippen molar-refractivity contribution < 1.29 is 9.31 Å². The van der Waals surface area contributed by atoms with E-state index in [0.29, 0.717) is 5.56 Å². The lowest BCUT2D eigenvalue weighted by molar-refractivity contribution is 0.00578. The van der Waals surface area contributed by atoms with Crippen molar-refractivity contribution in [1.29, 1.82) is 5.26 Å². The van der Waals surface area contributed by atoms with Gasteiger partial charge in [0.2, 0.25) is 0 Å². The van der Waals surface area contributed by atoms with E-state index in [1.807, 2.05) is 34.6 Å². The Labute approximate surface area is 138 Å². The van der Waals surface area contributed by atoms with Crippen LogP contribution >= 0.6 is 11.8 Å². The van der Waals surface area contributed by atoms with E-state index in [9.17, 15) is 5.26 Å². The van der Waals surface area contributed by atoms with E-state index >= 15 is 0 Å². The zero-order chi connectivity index (χ0) is 16.9. The number of hydrogen-bond donors (Lipinski definition) is 0. The van der Waals surface area contributed by atoms with Crippen molar-refractivity contribution in [3.05, 3.63) is 22.3 Å². The highest BCUT2D eigenvalue weighted by Gasteiger charge is 2.53. The molecular formula is C17H24BNO2S. The summed E-state index contributed by atoms with van der Waals surface area (Å²) in [6.45, 7) is 14.3. The van der Waals surface area contributed by atoms with Crippen LogP contribution in [0.4, 0.5) is 0 Å². The van der Waals surface area contributed by atoms with Gasteiger partial charge in [0.15, 0.2) is 0 Å². The van der Waals surface area contributed by atoms with Crippen molar-refractivity contribution in [2.24, 2.45) is 0 Å². The van der Waals surface area contributed by atoms with Crippen molar-refractivity contribution in [2.45, 2.75) is 64.6 Å². The van der Waals surface area contributed by atoms with Gasteiger partial charge in [-0.05, 0) is 71.4 Å². The van der Waals surface area contributed by atoms with Crippen LogP contribution in [0.3, 0.4) is 0 Å². The summed E-state index contributed by atoms with van der Waals surface area (Å²) in [6, 6.07) is 2.36. The molecule has 0 atom stereocenters. The Hall–Kier alpha value is -0.955. The van der Waals surface area contributed by atoms with E-state index < -0.39 is 18.3 Å². The molecule has 118 valence electrons. The monoisotopic (exact) mass is 317 g/mol. The van der Waals surface area contributed by atoms with Crippen molar-refractivity contribution in [2.75, 3.05) is 6.26 Å². The first-order valence-corrected chi connectivity index (χ1v) is 8.73. The van der Waals surface area contributed by atoms with Crippen molar-refractivity contribution in [3.8, 4) is 6.07 Å². The maximum Gasteiger partial charge on any atom is 0.496 e. The molecule has 0 radical (unpaired) electrons. The normalized spacial score (nSPS) is 19.3. The molecule has 0 spiro atoms. The molecule has 1 aromatic rings. The second kappa shape index (κ2) is 5.60. The van der Waals surface area contributed by atoms with Crippen LogP contribution in [0.25, 0.3) is 0 Å². The van der Waals surface area contributed by atoms with Crippen LogP contribution in [0.2, 0.25) is 0 Å². The number of rotatable bonds is 2. The average Bonchev–Trinajstić information content (AvgIpc) is 2.62. The summed E-state index contributed by atoms with van der Waals surface area (Å²) in [5.74, 6) is 0. The summed E-state index contributed by atoms with van der Waals surface area (Å²) in [6.07, 6.45) is 2.06. The highest BCUT2D eigenvalue weighted by atomic mass is 32.2. The topological polar surface area (TPSA) is 42.2 Å². The number of thioether (sulfide) groups is 1. The van der Waals surface area contributed by atoms with Gasteiger partial charge < -0.3 is 9.31 Å². The molecule has 1 heterocycles. The summed E-state index contributed by atoms with van der Waals surface area (Å²) in [7, 11) is -0.496. The lowest BCUT2D eigenvalue weighted by Crippen LogP contribution is -2.41. The number of nitriles is 1. The van der Waals surface area contributed by atoms with Gasteiger partial charge in [0.1, 0.15) is 0 Å². The van der Waals surface area contributed by atoms with E-state index in [4.69, 9.17) is 9.31 Å². The Bertz CT molecular complexity index is 642. The fourth-order valence-corrected chi connectivity index (χ4v) is 3.73. The molecule has 2 rings (SSSR count). The van der Waals surface area contributed by atoms with Gasteiger partial charge >= 0.3 is 7.12 Å². The van der Waals surface area contributed by atoms with Crippen LogP contribution in [0.1, 0.15) is 49.9 Å². The zero-order valence-corrected chi connectivity index (χ0v) is 15.6. The summed E-state index contributed by atoms with van der Waals surface area (Å²) >= 11 is 1.71. The largest absolute Gasteiger partial charge is 0.496 e. The maximum absolute atomic E-state index is 9.66. The molecule has 0 N–H and O–H groups in total. The van der Waals surface area contributed by atoms with Gasteiger partial charge in [-0.2, -0.15) is 5.26 Å². The highest BCUT2D eigenvalue weighted by Crippen LogP contribution is 2.38. The fourth-order valence-electron chi connectivity index (χ4n) is 2.86. The van der Waals surface area contributed by atoms with Crippen LogP contribution in [0.15, 0.2) is 4.90 Å². The van der Waals surface area contributed by atoms with Gasteiger partial charge in [-0.25, -0.2) is 0 Å². The molecule has 5 heteroatoms. The van der Waals surface area contributed by atoms with Crippen molar-refractivity contribution in [3.63, 3.8) is 0 Å². The Morgan fingerprint density at radius 2 is 1.45 bits per heavy atom. The second-order valence-electron chi connectivity index (χ2n) is 6.90. The third-order valence-corrected chi connectivity index (χ3v) is 6.12. The van der Waals surface area contributed by atoms with E-state index in [1.54, 1.807) is 11.8 Å². The number of hydrogen-bond acceptors (Lipinski definition) is 4. The van der Waals surface area contributed by atoms with Gasteiger partial charge in [-0.1, -0.05) is 0 Å². The number of nitrogens with zero attached hydrogens (tertiary/aromatic N) is 1. The Kier molecular flexibility index (Phi) is 4.43. The third-order valence-electron chi connectivity index (χ3n) is 5.10.